The standard InChI is InChI=1S/C10H12N2O3/c1-8(13)15-12(10(11)14)7-9-5-3-2-4-6-9/h2-6H,7H2,1H3,(H2,11,14). The summed E-state index contributed by atoms with van der Waals surface area (Å²) in [5.41, 5.74) is 5.87. The summed E-state index contributed by atoms with van der Waals surface area (Å²) in [6, 6.07) is 8.31. The second kappa shape index (κ2) is 4.99. The molecule has 0 radical (unpaired) electrons. The van der Waals surface area contributed by atoms with E-state index in [0.717, 1.165) is 10.6 Å². The molecule has 1 aromatic carbocycles. The highest BCUT2D eigenvalue weighted by Gasteiger charge is 2.13. The summed E-state index contributed by atoms with van der Waals surface area (Å²) >= 11 is 0. The normalized spacial score (nSPS) is 9.40. The van der Waals surface area contributed by atoms with E-state index in [1.165, 1.54) is 6.92 Å². The van der Waals surface area contributed by atoms with Crippen molar-refractivity contribution in [2.45, 2.75) is 13.5 Å². The van der Waals surface area contributed by atoms with Crippen LogP contribution in [0.5, 0.6) is 0 Å². The van der Waals surface area contributed by atoms with Gasteiger partial charge in [0.15, 0.2) is 0 Å². The summed E-state index contributed by atoms with van der Waals surface area (Å²) in [5, 5.41) is 0.817. The summed E-state index contributed by atoms with van der Waals surface area (Å²) < 4.78 is 0. The fraction of sp³-hybridized carbons (Fsp3) is 0.200. The number of amides is 2. The highest BCUT2D eigenvalue weighted by Crippen LogP contribution is 2.04. The fourth-order valence-electron chi connectivity index (χ4n) is 1.06. The molecule has 0 spiro atoms. The highest BCUT2D eigenvalue weighted by molar-refractivity contribution is 5.74. The van der Waals surface area contributed by atoms with Crippen LogP contribution in [0.2, 0.25) is 0 Å². The van der Waals surface area contributed by atoms with Gasteiger partial charge in [-0.3, -0.25) is 4.79 Å². The van der Waals surface area contributed by atoms with Gasteiger partial charge in [0.2, 0.25) is 0 Å². The first-order valence-corrected chi connectivity index (χ1v) is 4.39. The van der Waals surface area contributed by atoms with E-state index in [-0.39, 0.29) is 6.54 Å². The number of primary amides is 1. The first-order valence-electron chi connectivity index (χ1n) is 4.39. The molecule has 2 amide bonds. The number of benzene rings is 1. The topological polar surface area (TPSA) is 72.6 Å². The summed E-state index contributed by atoms with van der Waals surface area (Å²) in [7, 11) is 0. The van der Waals surface area contributed by atoms with Gasteiger partial charge >= 0.3 is 12.0 Å². The molecule has 1 aromatic rings. The smallest absolute Gasteiger partial charge is 0.348 e. The van der Waals surface area contributed by atoms with Crippen LogP contribution in [0.15, 0.2) is 30.3 Å². The minimum Gasteiger partial charge on any atom is -0.349 e. The fourth-order valence-corrected chi connectivity index (χ4v) is 1.06. The predicted octanol–water partition coefficient (Wildman–Crippen LogP) is 1.05. The van der Waals surface area contributed by atoms with Gasteiger partial charge in [-0.15, -0.1) is 5.06 Å². The lowest BCUT2D eigenvalue weighted by atomic mass is 10.2. The van der Waals surface area contributed by atoms with Crippen molar-refractivity contribution in [2.75, 3.05) is 0 Å². The van der Waals surface area contributed by atoms with Gasteiger partial charge in [0, 0.05) is 6.92 Å². The molecule has 80 valence electrons. The van der Waals surface area contributed by atoms with Crippen molar-refractivity contribution in [1.29, 1.82) is 0 Å². The third-order valence-corrected chi connectivity index (χ3v) is 1.65. The van der Waals surface area contributed by atoms with Gasteiger partial charge in [0.25, 0.3) is 0 Å². The molecule has 0 aliphatic heterocycles. The average molecular weight is 208 g/mol. The SMILES string of the molecule is CC(=O)ON(Cc1ccccc1)C(N)=O. The number of carbonyl (C=O) groups excluding carboxylic acids is 2. The number of nitrogens with two attached hydrogens (primary N) is 1. The van der Waals surface area contributed by atoms with Crippen LogP contribution in [-0.2, 0) is 16.2 Å². The number of urea groups is 1. The Morgan fingerprint density at radius 2 is 1.93 bits per heavy atom. The van der Waals surface area contributed by atoms with Crippen LogP contribution in [0.25, 0.3) is 0 Å². The Morgan fingerprint density at radius 1 is 1.33 bits per heavy atom. The number of hydrogen-bond acceptors (Lipinski definition) is 3. The molecule has 0 aliphatic rings. The lowest BCUT2D eigenvalue weighted by molar-refractivity contribution is -0.175. The number of carbonyl (C=O) groups is 2. The molecule has 0 aliphatic carbocycles. The van der Waals surface area contributed by atoms with Gasteiger partial charge in [-0.25, -0.2) is 4.79 Å². The molecule has 0 fully saturated rings. The second-order valence-corrected chi connectivity index (χ2v) is 2.94. The van der Waals surface area contributed by atoms with E-state index in [1.807, 2.05) is 18.2 Å². The minimum atomic E-state index is -0.797. The van der Waals surface area contributed by atoms with Gasteiger partial charge in [0.05, 0.1) is 6.54 Å². The molecule has 0 heterocycles. The lowest BCUT2D eigenvalue weighted by Crippen LogP contribution is -2.36. The van der Waals surface area contributed by atoms with E-state index in [0.29, 0.717) is 0 Å². The molecule has 0 saturated heterocycles. The van der Waals surface area contributed by atoms with E-state index in [2.05, 4.69) is 4.84 Å². The highest BCUT2D eigenvalue weighted by atomic mass is 16.7. The maximum absolute atomic E-state index is 10.9. The number of nitrogens with zero attached hydrogens (tertiary/aromatic N) is 1. The zero-order chi connectivity index (χ0) is 11.3. The predicted molar refractivity (Wildman–Crippen MR) is 53.3 cm³/mol. The van der Waals surface area contributed by atoms with Crippen LogP contribution < -0.4 is 5.73 Å². The second-order valence-electron chi connectivity index (χ2n) is 2.94. The van der Waals surface area contributed by atoms with Crippen LogP contribution in [0.1, 0.15) is 12.5 Å². The van der Waals surface area contributed by atoms with Crippen molar-refractivity contribution in [3.63, 3.8) is 0 Å². The summed E-state index contributed by atoms with van der Waals surface area (Å²) in [6.45, 7) is 1.36. The lowest BCUT2D eigenvalue weighted by Gasteiger charge is -2.17. The van der Waals surface area contributed by atoms with E-state index in [1.54, 1.807) is 12.1 Å². The molecule has 5 heteroatoms. The molecule has 15 heavy (non-hydrogen) atoms. The summed E-state index contributed by atoms with van der Waals surface area (Å²) in [5.74, 6) is -0.579. The van der Waals surface area contributed by atoms with Gasteiger partial charge in [-0.1, -0.05) is 30.3 Å². The number of hydrogen-bond donors (Lipinski definition) is 1. The van der Waals surface area contributed by atoms with Crippen LogP contribution >= 0.6 is 0 Å². The molecule has 1 rings (SSSR count). The van der Waals surface area contributed by atoms with Gasteiger partial charge in [-0.2, -0.15) is 0 Å². The van der Waals surface area contributed by atoms with Crippen molar-refractivity contribution < 1.29 is 14.4 Å². The first kappa shape index (κ1) is 11.0. The largest absolute Gasteiger partial charge is 0.349 e. The quantitative estimate of drug-likeness (QED) is 0.738. The number of rotatable bonds is 2. The van der Waals surface area contributed by atoms with E-state index >= 15 is 0 Å². The maximum Gasteiger partial charge on any atom is 0.348 e. The van der Waals surface area contributed by atoms with Crippen LogP contribution in [0, 0.1) is 0 Å². The molecule has 0 saturated carbocycles. The molecule has 5 nitrogen and oxygen atoms in total. The zero-order valence-corrected chi connectivity index (χ0v) is 8.34. The van der Waals surface area contributed by atoms with E-state index in [4.69, 9.17) is 5.73 Å². The van der Waals surface area contributed by atoms with Gasteiger partial charge < -0.3 is 10.6 Å². The van der Waals surface area contributed by atoms with Crippen molar-refractivity contribution in [2.24, 2.45) is 5.73 Å². The van der Waals surface area contributed by atoms with E-state index < -0.39 is 12.0 Å². The van der Waals surface area contributed by atoms with Crippen molar-refractivity contribution >= 4 is 12.0 Å². The molecular formula is C10H12N2O3. The minimum absolute atomic E-state index is 0.149. The summed E-state index contributed by atoms with van der Waals surface area (Å²) in [4.78, 5) is 26.2. The molecule has 0 atom stereocenters. The van der Waals surface area contributed by atoms with Crippen molar-refractivity contribution in [3.8, 4) is 0 Å². The monoisotopic (exact) mass is 208 g/mol. The Kier molecular flexibility index (Phi) is 3.68. The van der Waals surface area contributed by atoms with Crippen LogP contribution in [-0.4, -0.2) is 17.1 Å². The van der Waals surface area contributed by atoms with Crippen LogP contribution in [0.4, 0.5) is 4.79 Å². The van der Waals surface area contributed by atoms with Crippen molar-refractivity contribution in [1.82, 2.24) is 5.06 Å². The third-order valence-electron chi connectivity index (χ3n) is 1.65. The first-order chi connectivity index (χ1) is 7.09. The molecule has 0 bridgehead atoms. The average Bonchev–Trinajstić information content (AvgIpc) is 2.17. The number of hydroxylamine groups is 2. The Bertz CT molecular complexity index is 351. The van der Waals surface area contributed by atoms with E-state index in [9.17, 15) is 9.59 Å². The Balaban J connectivity index is 2.67. The molecule has 2 N–H and O–H groups in total. The van der Waals surface area contributed by atoms with Gasteiger partial charge in [0.1, 0.15) is 0 Å². The molecular weight excluding hydrogens is 196 g/mol. The Labute approximate surface area is 87.4 Å². The molecule has 0 aromatic heterocycles. The maximum atomic E-state index is 10.9. The van der Waals surface area contributed by atoms with Gasteiger partial charge in [-0.05, 0) is 5.56 Å². The Hall–Kier alpha value is -2.04. The van der Waals surface area contributed by atoms with Crippen molar-refractivity contribution in [3.05, 3.63) is 35.9 Å². The summed E-state index contributed by atoms with van der Waals surface area (Å²) in [6.07, 6.45) is 0. The van der Waals surface area contributed by atoms with Crippen LogP contribution in [0.3, 0.4) is 0 Å². The Morgan fingerprint density at radius 3 is 2.40 bits per heavy atom. The zero-order valence-electron chi connectivity index (χ0n) is 8.34. The third kappa shape index (κ3) is 3.68. The molecule has 0 unspecified atom stereocenters.